The molecule has 11 rings (SSSR count). The molecule has 2 nitrogen and oxygen atoms in total. The van der Waals surface area contributed by atoms with Crippen molar-refractivity contribution in [1.29, 1.82) is 0 Å². The molecule has 298 valence electrons. The van der Waals surface area contributed by atoms with Gasteiger partial charge in [-0.25, -0.2) is 0 Å². The average Bonchev–Trinajstić information content (AvgIpc) is 3.67. The second-order valence-electron chi connectivity index (χ2n) is 16.1. The molecule has 0 fully saturated rings. The molecule has 0 spiro atoms. The summed E-state index contributed by atoms with van der Waals surface area (Å²) in [5.74, 6) is 0. The molecule has 0 N–H and O–H groups in total. The van der Waals surface area contributed by atoms with Crippen molar-refractivity contribution < 1.29 is 0 Å². The molecule has 63 heavy (non-hydrogen) atoms. The molecule has 0 aliphatic heterocycles. The van der Waals surface area contributed by atoms with E-state index in [1.54, 1.807) is 0 Å². The van der Waals surface area contributed by atoms with Gasteiger partial charge in [0.1, 0.15) is 0 Å². The summed E-state index contributed by atoms with van der Waals surface area (Å²) < 4.78 is 0. The van der Waals surface area contributed by atoms with Crippen molar-refractivity contribution in [2.45, 2.75) is 5.41 Å². The molecule has 0 saturated heterocycles. The van der Waals surface area contributed by atoms with Crippen LogP contribution in [0, 0.1) is 0 Å². The molecule has 10 aromatic rings. The first-order valence-electron chi connectivity index (χ1n) is 21.7. The Morgan fingerprint density at radius 3 is 1.03 bits per heavy atom. The average molecular weight is 805 g/mol. The third kappa shape index (κ3) is 6.79. The standard InChI is InChI=1S/C61H44N2/c1-5-19-49(20-6-1)61(59-30-15-13-28-57(59)58-29-14-16-31-60(58)61)50-38-32-47(33-39-50)48-18-17-27-56(44-48)63(53-25-11-4-12-26-53)55-42-36-46(37-43-55)45-34-40-54(41-35-45)62(51-21-7-2-8-22-51)52-23-9-3-10-24-52/h1-44H. The largest absolute Gasteiger partial charge is 0.311 e. The second kappa shape index (κ2) is 16.3. The zero-order valence-electron chi connectivity index (χ0n) is 34.8. The van der Waals surface area contributed by atoms with Gasteiger partial charge in [-0.05, 0) is 128 Å². The molecule has 0 atom stereocenters. The lowest BCUT2D eigenvalue weighted by Crippen LogP contribution is -2.28. The number of hydrogen-bond acceptors (Lipinski definition) is 2. The van der Waals surface area contributed by atoms with Crippen molar-refractivity contribution in [2.75, 3.05) is 9.80 Å². The van der Waals surface area contributed by atoms with Gasteiger partial charge in [0.25, 0.3) is 0 Å². The normalized spacial score (nSPS) is 12.3. The Kier molecular flexibility index (Phi) is 9.80. The minimum absolute atomic E-state index is 0.419. The third-order valence-electron chi connectivity index (χ3n) is 12.5. The van der Waals surface area contributed by atoms with E-state index in [1.165, 1.54) is 50.1 Å². The highest BCUT2D eigenvalue weighted by Crippen LogP contribution is 2.56. The molecule has 0 heterocycles. The van der Waals surface area contributed by atoms with Crippen LogP contribution in [0.15, 0.2) is 267 Å². The predicted molar refractivity (Wildman–Crippen MR) is 264 cm³/mol. The van der Waals surface area contributed by atoms with Crippen LogP contribution in [0.25, 0.3) is 33.4 Å². The lowest BCUT2D eigenvalue weighted by molar-refractivity contribution is 0.768. The van der Waals surface area contributed by atoms with Gasteiger partial charge in [-0.1, -0.05) is 194 Å². The Labute approximate surface area is 370 Å². The SMILES string of the molecule is c1ccc(N(c2ccccc2)c2ccc(-c3ccc(N(c4ccccc4)c4cccc(-c5ccc(C6(c7ccccc7)c7ccccc7-c7ccccc76)cc5)c4)cc3)cc2)cc1. The minimum Gasteiger partial charge on any atom is -0.311 e. The van der Waals surface area contributed by atoms with Gasteiger partial charge in [0, 0.05) is 34.1 Å². The van der Waals surface area contributed by atoms with Crippen molar-refractivity contribution in [2.24, 2.45) is 0 Å². The first-order valence-corrected chi connectivity index (χ1v) is 21.7. The zero-order valence-corrected chi connectivity index (χ0v) is 34.8. The van der Waals surface area contributed by atoms with Gasteiger partial charge in [0.2, 0.25) is 0 Å². The Morgan fingerprint density at radius 2 is 0.556 bits per heavy atom. The lowest BCUT2D eigenvalue weighted by atomic mass is 9.67. The minimum atomic E-state index is -0.419. The smallest absolute Gasteiger partial charge is 0.0713 e. The van der Waals surface area contributed by atoms with E-state index in [2.05, 4.69) is 277 Å². The van der Waals surface area contributed by atoms with Crippen LogP contribution in [-0.4, -0.2) is 0 Å². The Balaban J connectivity index is 0.921. The quantitative estimate of drug-likeness (QED) is 0.136. The Bertz CT molecular complexity index is 3040. The highest BCUT2D eigenvalue weighted by atomic mass is 15.1. The summed E-state index contributed by atoms with van der Waals surface area (Å²) in [6.45, 7) is 0. The van der Waals surface area contributed by atoms with Crippen LogP contribution in [0.2, 0.25) is 0 Å². The fourth-order valence-corrected chi connectivity index (χ4v) is 9.68. The highest BCUT2D eigenvalue weighted by molar-refractivity contribution is 5.87. The van der Waals surface area contributed by atoms with E-state index in [4.69, 9.17) is 0 Å². The van der Waals surface area contributed by atoms with E-state index in [1.807, 2.05) is 0 Å². The topological polar surface area (TPSA) is 6.48 Å². The molecule has 10 aromatic carbocycles. The molecule has 1 aliphatic carbocycles. The summed E-state index contributed by atoms with van der Waals surface area (Å²) in [6.07, 6.45) is 0. The maximum Gasteiger partial charge on any atom is 0.0713 e. The molecule has 0 radical (unpaired) electrons. The van der Waals surface area contributed by atoms with Crippen LogP contribution in [0.4, 0.5) is 34.1 Å². The first-order chi connectivity index (χ1) is 31.3. The van der Waals surface area contributed by atoms with E-state index >= 15 is 0 Å². The predicted octanol–water partition coefficient (Wildman–Crippen LogP) is 16.3. The fourth-order valence-electron chi connectivity index (χ4n) is 9.68. The number of benzene rings is 10. The van der Waals surface area contributed by atoms with Crippen molar-refractivity contribution >= 4 is 34.1 Å². The lowest BCUT2D eigenvalue weighted by Gasteiger charge is -2.34. The number of hydrogen-bond donors (Lipinski definition) is 0. The molecule has 0 saturated carbocycles. The summed E-state index contributed by atoms with van der Waals surface area (Å²) in [7, 11) is 0. The maximum atomic E-state index is 2.35. The zero-order chi connectivity index (χ0) is 42.0. The number of nitrogens with zero attached hydrogens (tertiary/aromatic N) is 2. The molecule has 0 amide bonds. The van der Waals surface area contributed by atoms with Gasteiger partial charge in [-0.3, -0.25) is 0 Å². The molecule has 2 heteroatoms. The fraction of sp³-hybridized carbons (Fsp3) is 0.0164. The molecule has 0 unspecified atom stereocenters. The summed E-state index contributed by atoms with van der Waals surface area (Å²) >= 11 is 0. The van der Waals surface area contributed by atoms with Gasteiger partial charge in [-0.2, -0.15) is 0 Å². The molecular formula is C61H44N2. The van der Waals surface area contributed by atoms with Crippen molar-refractivity contribution in [1.82, 2.24) is 0 Å². The second-order valence-corrected chi connectivity index (χ2v) is 16.1. The van der Waals surface area contributed by atoms with Crippen LogP contribution < -0.4 is 9.80 Å². The van der Waals surface area contributed by atoms with Crippen LogP contribution in [0.5, 0.6) is 0 Å². The van der Waals surface area contributed by atoms with E-state index in [9.17, 15) is 0 Å². The summed E-state index contributed by atoms with van der Waals surface area (Å²) in [6, 6.07) is 96.6. The Hall–Kier alpha value is -8.20. The highest BCUT2D eigenvalue weighted by Gasteiger charge is 2.45. The van der Waals surface area contributed by atoms with Crippen molar-refractivity contribution in [3.8, 4) is 33.4 Å². The van der Waals surface area contributed by atoms with Crippen LogP contribution in [-0.2, 0) is 5.41 Å². The monoisotopic (exact) mass is 804 g/mol. The maximum absolute atomic E-state index is 2.35. The van der Waals surface area contributed by atoms with Gasteiger partial charge < -0.3 is 9.80 Å². The third-order valence-corrected chi connectivity index (χ3v) is 12.5. The van der Waals surface area contributed by atoms with Gasteiger partial charge >= 0.3 is 0 Å². The van der Waals surface area contributed by atoms with E-state index < -0.39 is 5.41 Å². The molecule has 0 bridgehead atoms. The van der Waals surface area contributed by atoms with Gasteiger partial charge in [0.15, 0.2) is 0 Å². The molecule has 0 aromatic heterocycles. The molecular weight excluding hydrogens is 761 g/mol. The van der Waals surface area contributed by atoms with E-state index in [0.717, 1.165) is 39.7 Å². The first kappa shape index (κ1) is 37.8. The Morgan fingerprint density at radius 1 is 0.222 bits per heavy atom. The summed E-state index contributed by atoms with van der Waals surface area (Å²) in [4.78, 5) is 4.64. The number of para-hydroxylation sites is 3. The number of fused-ring (bicyclic) bond motifs is 3. The summed E-state index contributed by atoms with van der Waals surface area (Å²) in [5, 5.41) is 0. The van der Waals surface area contributed by atoms with Crippen LogP contribution in [0.3, 0.4) is 0 Å². The van der Waals surface area contributed by atoms with Gasteiger partial charge in [-0.15, -0.1) is 0 Å². The summed E-state index contributed by atoms with van der Waals surface area (Å²) in [5.41, 5.74) is 18.7. The van der Waals surface area contributed by atoms with Crippen molar-refractivity contribution in [3.63, 3.8) is 0 Å². The van der Waals surface area contributed by atoms with Crippen LogP contribution >= 0.6 is 0 Å². The van der Waals surface area contributed by atoms with Crippen molar-refractivity contribution in [3.05, 3.63) is 289 Å². The molecule has 1 aliphatic rings. The van der Waals surface area contributed by atoms with E-state index in [-0.39, 0.29) is 0 Å². The number of anilines is 6. The number of rotatable bonds is 10. The van der Waals surface area contributed by atoms with Crippen LogP contribution in [0.1, 0.15) is 22.3 Å². The van der Waals surface area contributed by atoms with E-state index in [0.29, 0.717) is 0 Å². The van der Waals surface area contributed by atoms with Gasteiger partial charge in [0.05, 0.1) is 5.41 Å².